The molecule has 9 aromatic rings. The van der Waals surface area contributed by atoms with Gasteiger partial charge in [-0.25, -0.2) is 0 Å². The van der Waals surface area contributed by atoms with Crippen molar-refractivity contribution in [2.45, 2.75) is 126 Å². The number of nitro groups is 1. The second-order valence-electron chi connectivity index (χ2n) is 23.8. The molecule has 4 aliphatic carbocycles. The van der Waals surface area contributed by atoms with Crippen LogP contribution < -0.4 is 33.7 Å². The maximum Gasteiger partial charge on any atom is 1.00 e. The summed E-state index contributed by atoms with van der Waals surface area (Å²) >= 11 is -0.750. The van der Waals surface area contributed by atoms with Crippen LogP contribution in [0.1, 0.15) is 144 Å². The van der Waals surface area contributed by atoms with Gasteiger partial charge in [0.2, 0.25) is 0 Å². The number of hydrogen-bond donors (Lipinski definition) is 3. The molecule has 0 heterocycles. The Labute approximate surface area is 593 Å². The number of aromatic hydroxyl groups is 2. The van der Waals surface area contributed by atoms with E-state index in [1.807, 2.05) is 50.2 Å². The zero-order chi connectivity index (χ0) is 68.5. The van der Waals surface area contributed by atoms with E-state index in [0.29, 0.717) is 42.6 Å². The van der Waals surface area contributed by atoms with Crippen molar-refractivity contribution < 1.29 is 99.8 Å². The number of phenols is 2. The van der Waals surface area contributed by atoms with Crippen molar-refractivity contribution >= 4 is 53.1 Å². The SMILES string of the molecule is C.Cc1cc(-c2ccc3c(c2)CCC3=O)cc(C)c1O.Cc1cc(-c2ccc3c(c2)CCC3=O)cc(C)c1OS(=O)(=O)C(F)(F)F.Cc1cc(C)cc(-c2ccc3c(c2)CCC3=O)c1.Cc1cc(C)cc(-c2ccc3c(c2)CCC3O)c1.O=S=O.O=[N+]([O-])c1ccc(O)cc1.[B].[H-].[Na+]. The molecular formula is C76H75BF3NNaO13S2. The quantitative estimate of drug-likeness (QED) is 0.0443. The van der Waals surface area contributed by atoms with E-state index in [4.69, 9.17) is 13.5 Å². The Hall–Kier alpha value is -8.63. The molecule has 0 bridgehead atoms. The zero-order valence-corrected chi connectivity index (χ0v) is 58.3. The van der Waals surface area contributed by atoms with Crippen LogP contribution in [0.5, 0.6) is 17.2 Å². The van der Waals surface area contributed by atoms with Gasteiger partial charge in [-0.3, -0.25) is 24.5 Å². The number of aryl methyl sites for hydroxylation is 12. The molecule has 13 rings (SSSR count). The van der Waals surface area contributed by atoms with Crippen molar-refractivity contribution in [3.05, 3.63) is 257 Å². The molecule has 4 aliphatic rings. The molecule has 9 aromatic carbocycles. The van der Waals surface area contributed by atoms with Gasteiger partial charge in [-0.05, 0) is 218 Å². The van der Waals surface area contributed by atoms with E-state index in [1.54, 1.807) is 24.3 Å². The fourth-order valence-corrected chi connectivity index (χ4v) is 12.6. The third-order valence-corrected chi connectivity index (χ3v) is 17.5. The Morgan fingerprint density at radius 1 is 0.495 bits per heavy atom. The first-order valence-electron chi connectivity index (χ1n) is 30.2. The molecule has 3 N–H and O–H groups in total. The van der Waals surface area contributed by atoms with Crippen LogP contribution in [0.4, 0.5) is 18.9 Å². The van der Waals surface area contributed by atoms with Crippen molar-refractivity contribution in [2.75, 3.05) is 0 Å². The number of rotatable bonds is 7. The van der Waals surface area contributed by atoms with Crippen molar-refractivity contribution in [1.29, 1.82) is 0 Å². The minimum absolute atomic E-state index is 0. The van der Waals surface area contributed by atoms with Gasteiger partial charge < -0.3 is 20.9 Å². The first-order valence-corrected chi connectivity index (χ1v) is 32.3. The van der Waals surface area contributed by atoms with Crippen LogP contribution in [0.2, 0.25) is 0 Å². The van der Waals surface area contributed by atoms with Gasteiger partial charge in [0, 0.05) is 56.5 Å². The minimum atomic E-state index is -5.72. The standard InChI is InChI=1S/C18H15F3O4S.C17H16O2.C17H18O.C17H16O.C6H5NO3.CH4.B.Na.O2S.H/c1-10-7-14(12-3-5-15-13(9-12)4-6-16(15)22)8-11(2)17(10)25-26(23,24)18(19,20)21;1-10-7-14(8-11(2)17(10)19)12-3-5-15-13(9-12)4-6-16(15)18;2*1-11-7-12(2)9-15(8-11)13-3-5-16-14(10-13)4-6-17(16)18;8-6-3-1-5(2-4-6)7(9)10;;;;1-3-2;/h3,5,7-9H,4,6H2,1-2H3;3,5,7-9,19H,4,6H2,1-2H3;3,5,7-10,17-18H,4,6H2,1-2H3;3,5,7-10H,4,6H2,1-2H3;1-4,8H;1H4;;;;/q;;;;;;;+1;;-1. The first kappa shape index (κ1) is 79.1. The molecule has 3 radical (unpaired) electrons. The van der Waals surface area contributed by atoms with Crippen LogP contribution >= 0.6 is 0 Å². The summed E-state index contributed by atoms with van der Waals surface area (Å²) in [6, 6.07) is 49.4. The fourth-order valence-electron chi connectivity index (χ4n) is 12.1. The predicted octanol–water partition coefficient (Wildman–Crippen LogP) is 14.2. The molecule has 0 fully saturated rings. The average molecular weight is 1370 g/mol. The summed E-state index contributed by atoms with van der Waals surface area (Å²) in [6.07, 6.45) is 5.78. The smallest absolute Gasteiger partial charge is 1.00 e. The number of nitrogens with zero attached hydrogens (tertiary/aromatic N) is 1. The molecule has 14 nitrogen and oxygen atoms in total. The maximum atomic E-state index is 12.5. The Kier molecular flexibility index (Phi) is 27.8. The van der Waals surface area contributed by atoms with E-state index >= 15 is 0 Å². The first-order chi connectivity index (χ1) is 44.4. The number of ketones is 3. The molecular weight excluding hydrogens is 1290 g/mol. The van der Waals surface area contributed by atoms with E-state index < -0.39 is 32.1 Å². The van der Waals surface area contributed by atoms with E-state index in [2.05, 4.69) is 105 Å². The van der Waals surface area contributed by atoms with Crippen molar-refractivity contribution in [1.82, 2.24) is 0 Å². The van der Waals surface area contributed by atoms with E-state index in [1.165, 1.54) is 93.7 Å². The van der Waals surface area contributed by atoms with Crippen LogP contribution in [0.3, 0.4) is 0 Å². The molecule has 21 heteroatoms. The van der Waals surface area contributed by atoms with Crippen molar-refractivity contribution in [3.8, 4) is 61.8 Å². The van der Waals surface area contributed by atoms with E-state index in [-0.39, 0.29) is 98.6 Å². The molecule has 1 unspecified atom stereocenters. The molecule has 0 aliphatic heterocycles. The second-order valence-corrected chi connectivity index (χ2v) is 25.5. The van der Waals surface area contributed by atoms with Gasteiger partial charge in [0.1, 0.15) is 17.2 Å². The fraction of sp³-hybridized carbons (Fsp3) is 0.250. The van der Waals surface area contributed by atoms with Gasteiger partial charge in [-0.2, -0.15) is 30.0 Å². The third kappa shape index (κ3) is 19.8. The number of benzene rings is 9. The number of fused-ring (bicyclic) bond motifs is 4. The number of alkyl halides is 3. The van der Waals surface area contributed by atoms with Crippen LogP contribution in [0.15, 0.2) is 158 Å². The summed E-state index contributed by atoms with van der Waals surface area (Å²) in [5.74, 6) is 0.699. The Bertz CT molecular complexity index is 4510. The summed E-state index contributed by atoms with van der Waals surface area (Å²) < 4.78 is 81.0. The predicted molar refractivity (Wildman–Crippen MR) is 371 cm³/mol. The van der Waals surface area contributed by atoms with Gasteiger partial charge in [0.05, 0.1) is 11.0 Å². The number of nitro benzene ring substituents is 1. The molecule has 97 heavy (non-hydrogen) atoms. The number of aliphatic hydroxyl groups is 1. The topological polar surface area (TPSA) is 233 Å². The van der Waals surface area contributed by atoms with E-state index in [9.17, 15) is 56.3 Å². The average Bonchev–Trinajstić information content (AvgIpc) is 1.09. The molecule has 0 amide bonds. The van der Waals surface area contributed by atoms with Gasteiger partial charge >= 0.3 is 56.8 Å². The maximum absolute atomic E-state index is 12.5. The Morgan fingerprint density at radius 2 is 0.825 bits per heavy atom. The minimum Gasteiger partial charge on any atom is -1.00 e. The van der Waals surface area contributed by atoms with Gasteiger partial charge in [0.25, 0.3) is 5.69 Å². The summed E-state index contributed by atoms with van der Waals surface area (Å²) in [5.41, 5.74) is 18.8. The largest absolute Gasteiger partial charge is 1.00 e. The van der Waals surface area contributed by atoms with Crippen molar-refractivity contribution in [3.63, 3.8) is 0 Å². The van der Waals surface area contributed by atoms with Crippen LogP contribution in [0.25, 0.3) is 44.5 Å². The summed E-state index contributed by atoms with van der Waals surface area (Å²) in [5, 5.41) is 38.4. The number of hydrogen-bond acceptors (Lipinski definition) is 13. The number of aliphatic hydroxyl groups excluding tert-OH is 1. The number of carbonyl (C=O) groups excluding carboxylic acids is 3. The van der Waals surface area contributed by atoms with Crippen molar-refractivity contribution in [2.24, 2.45) is 0 Å². The summed E-state index contributed by atoms with van der Waals surface area (Å²) in [6.45, 7) is 15.3. The molecule has 0 aromatic heterocycles. The van der Waals surface area contributed by atoms with Gasteiger partial charge in [0.15, 0.2) is 17.3 Å². The number of carbonyl (C=O) groups is 3. The monoisotopic (exact) mass is 1360 g/mol. The number of phenolic OH excluding ortho intramolecular Hbond substituents is 2. The second kappa shape index (κ2) is 34.0. The number of Topliss-reactive ketones (excluding diaryl/α,β-unsaturated/α-hetero) is 3. The van der Waals surface area contributed by atoms with Crippen LogP contribution in [0, 0.1) is 65.5 Å². The molecule has 1 atom stereocenters. The number of halogens is 3. The van der Waals surface area contributed by atoms with Gasteiger partial charge in [-0.1, -0.05) is 139 Å². The zero-order valence-electron chi connectivity index (χ0n) is 55.6. The third-order valence-electron chi connectivity index (χ3n) is 16.5. The van der Waals surface area contributed by atoms with Gasteiger partial charge in [-0.15, -0.1) is 0 Å². The normalized spacial score (nSPS) is 13.5. The Balaban J connectivity index is 0.000000260. The Morgan fingerprint density at radius 3 is 1.18 bits per heavy atom. The summed E-state index contributed by atoms with van der Waals surface area (Å²) in [4.78, 5) is 44.5. The number of non-ortho nitro benzene ring substituents is 1. The van der Waals surface area contributed by atoms with Crippen LogP contribution in [-0.2, 0) is 47.4 Å². The molecule has 499 valence electrons. The molecule has 0 spiro atoms. The summed E-state index contributed by atoms with van der Waals surface area (Å²) in [7, 11) is -5.72. The van der Waals surface area contributed by atoms with Crippen LogP contribution in [-0.4, -0.2) is 68.3 Å². The van der Waals surface area contributed by atoms with E-state index in [0.717, 1.165) is 81.3 Å². The molecule has 0 saturated carbocycles. The molecule has 0 saturated heterocycles.